The van der Waals surface area contributed by atoms with E-state index < -0.39 is 0 Å². The van der Waals surface area contributed by atoms with Gasteiger partial charge in [-0.05, 0) is 63.0 Å². The van der Waals surface area contributed by atoms with Crippen molar-refractivity contribution in [3.05, 3.63) is 41.5 Å². The SMILES string of the molecule is CC(=Cc1ccccc1)CN(CC1CCN(C(=O)CCCCCN)CC1)C(=O)CCC1CCCC1. The summed E-state index contributed by atoms with van der Waals surface area (Å²) in [5.41, 5.74) is 7.96. The van der Waals surface area contributed by atoms with E-state index in [9.17, 15) is 9.59 Å². The lowest BCUT2D eigenvalue weighted by atomic mass is 9.95. The summed E-state index contributed by atoms with van der Waals surface area (Å²) in [5.74, 6) is 1.79. The number of amides is 2. The smallest absolute Gasteiger partial charge is 0.222 e. The predicted octanol–water partition coefficient (Wildman–Crippen LogP) is 5.65. The van der Waals surface area contributed by atoms with E-state index in [1.54, 1.807) is 0 Å². The van der Waals surface area contributed by atoms with Crippen LogP contribution in [0.5, 0.6) is 0 Å². The fourth-order valence-corrected chi connectivity index (χ4v) is 5.65. The van der Waals surface area contributed by atoms with Gasteiger partial charge in [0.2, 0.25) is 11.8 Å². The number of rotatable bonds is 13. The zero-order chi connectivity index (χ0) is 24.9. The molecule has 1 heterocycles. The maximum Gasteiger partial charge on any atom is 0.222 e. The molecular formula is C30H47N3O2. The number of likely N-dealkylation sites (tertiary alicyclic amines) is 1. The molecule has 2 N–H and O–H groups in total. The Hall–Kier alpha value is -2.14. The highest BCUT2D eigenvalue weighted by Crippen LogP contribution is 2.29. The normalized spacial score (nSPS) is 17.7. The number of nitrogens with zero attached hydrogens (tertiary/aromatic N) is 2. The fraction of sp³-hybridized carbons (Fsp3) is 0.667. The van der Waals surface area contributed by atoms with Gasteiger partial charge in [0.15, 0.2) is 0 Å². The van der Waals surface area contributed by atoms with Gasteiger partial charge in [0.1, 0.15) is 0 Å². The van der Waals surface area contributed by atoms with Crippen molar-refractivity contribution in [2.45, 2.75) is 84.0 Å². The Bertz CT molecular complexity index is 793. The number of benzene rings is 1. The first-order valence-corrected chi connectivity index (χ1v) is 14.0. The van der Waals surface area contributed by atoms with E-state index in [1.165, 1.54) is 36.8 Å². The molecule has 2 amide bonds. The Labute approximate surface area is 213 Å². The van der Waals surface area contributed by atoms with E-state index in [2.05, 4.69) is 42.2 Å². The minimum Gasteiger partial charge on any atom is -0.343 e. The predicted molar refractivity (Wildman–Crippen MR) is 145 cm³/mol. The Balaban J connectivity index is 1.53. The van der Waals surface area contributed by atoms with Crippen LogP contribution in [0.2, 0.25) is 0 Å². The van der Waals surface area contributed by atoms with E-state index in [0.717, 1.165) is 64.1 Å². The minimum atomic E-state index is 0.284. The van der Waals surface area contributed by atoms with Crippen LogP contribution < -0.4 is 5.73 Å². The lowest BCUT2D eigenvalue weighted by Crippen LogP contribution is -2.43. The third-order valence-electron chi connectivity index (χ3n) is 7.79. The van der Waals surface area contributed by atoms with Crippen molar-refractivity contribution in [1.82, 2.24) is 9.80 Å². The number of hydrogen-bond acceptors (Lipinski definition) is 3. The molecule has 2 aliphatic rings. The van der Waals surface area contributed by atoms with Crippen LogP contribution in [0.3, 0.4) is 0 Å². The van der Waals surface area contributed by atoms with Gasteiger partial charge in [-0.25, -0.2) is 0 Å². The van der Waals surface area contributed by atoms with Crippen molar-refractivity contribution in [1.29, 1.82) is 0 Å². The first-order chi connectivity index (χ1) is 17.0. The zero-order valence-corrected chi connectivity index (χ0v) is 21.9. The van der Waals surface area contributed by atoms with Gasteiger partial charge in [0, 0.05) is 39.0 Å². The molecule has 1 aromatic carbocycles. The molecule has 0 unspecified atom stereocenters. The summed E-state index contributed by atoms with van der Waals surface area (Å²) >= 11 is 0. The maximum atomic E-state index is 13.3. The third kappa shape index (κ3) is 9.79. The number of nitrogens with two attached hydrogens (primary N) is 1. The van der Waals surface area contributed by atoms with Crippen LogP contribution in [0.15, 0.2) is 35.9 Å². The Morgan fingerprint density at radius 2 is 1.69 bits per heavy atom. The van der Waals surface area contributed by atoms with Crippen molar-refractivity contribution in [3.8, 4) is 0 Å². The van der Waals surface area contributed by atoms with Gasteiger partial charge in [-0.3, -0.25) is 9.59 Å². The first-order valence-electron chi connectivity index (χ1n) is 14.0. The van der Waals surface area contributed by atoms with Gasteiger partial charge >= 0.3 is 0 Å². The van der Waals surface area contributed by atoms with E-state index in [1.807, 2.05) is 11.0 Å². The molecule has 5 nitrogen and oxygen atoms in total. The average molecular weight is 482 g/mol. The monoisotopic (exact) mass is 481 g/mol. The molecule has 1 aliphatic heterocycles. The number of carbonyl (C=O) groups excluding carboxylic acids is 2. The summed E-state index contributed by atoms with van der Waals surface area (Å²) in [7, 11) is 0. The Morgan fingerprint density at radius 1 is 0.971 bits per heavy atom. The Morgan fingerprint density at radius 3 is 2.37 bits per heavy atom. The summed E-state index contributed by atoms with van der Waals surface area (Å²) in [5, 5.41) is 0. The summed E-state index contributed by atoms with van der Waals surface area (Å²) in [6, 6.07) is 10.4. The van der Waals surface area contributed by atoms with Crippen LogP contribution in [0.25, 0.3) is 6.08 Å². The molecule has 0 atom stereocenters. The Kier molecular flexibility index (Phi) is 11.8. The largest absolute Gasteiger partial charge is 0.343 e. The van der Waals surface area contributed by atoms with Crippen LogP contribution in [0, 0.1) is 11.8 Å². The fourth-order valence-electron chi connectivity index (χ4n) is 5.65. The molecule has 0 radical (unpaired) electrons. The lowest BCUT2D eigenvalue weighted by Gasteiger charge is -2.35. The zero-order valence-electron chi connectivity index (χ0n) is 21.9. The van der Waals surface area contributed by atoms with Crippen molar-refractivity contribution in [2.75, 3.05) is 32.7 Å². The molecule has 5 heteroatoms. The van der Waals surface area contributed by atoms with Crippen molar-refractivity contribution in [2.24, 2.45) is 17.6 Å². The quantitative estimate of drug-likeness (QED) is 0.370. The van der Waals surface area contributed by atoms with E-state index in [0.29, 0.717) is 37.8 Å². The van der Waals surface area contributed by atoms with Crippen LogP contribution in [0.4, 0.5) is 0 Å². The van der Waals surface area contributed by atoms with Gasteiger partial charge in [-0.1, -0.05) is 74.1 Å². The second-order valence-electron chi connectivity index (χ2n) is 10.8. The number of carbonyl (C=O) groups is 2. The summed E-state index contributed by atoms with van der Waals surface area (Å²) < 4.78 is 0. The minimum absolute atomic E-state index is 0.284. The van der Waals surface area contributed by atoms with E-state index in [4.69, 9.17) is 5.73 Å². The topological polar surface area (TPSA) is 66.6 Å². The van der Waals surface area contributed by atoms with Crippen LogP contribution in [-0.2, 0) is 9.59 Å². The highest BCUT2D eigenvalue weighted by Gasteiger charge is 2.26. The molecule has 1 saturated heterocycles. The van der Waals surface area contributed by atoms with Crippen LogP contribution in [-0.4, -0.2) is 54.3 Å². The molecule has 1 saturated carbocycles. The highest BCUT2D eigenvalue weighted by molar-refractivity contribution is 5.77. The molecule has 2 fully saturated rings. The summed E-state index contributed by atoms with van der Waals surface area (Å²) in [6.45, 7) is 5.99. The maximum absolute atomic E-state index is 13.3. The van der Waals surface area contributed by atoms with E-state index in [-0.39, 0.29) is 5.91 Å². The number of piperidine rings is 1. The third-order valence-corrected chi connectivity index (χ3v) is 7.79. The van der Waals surface area contributed by atoms with Gasteiger partial charge in [-0.15, -0.1) is 0 Å². The molecule has 35 heavy (non-hydrogen) atoms. The van der Waals surface area contributed by atoms with Gasteiger partial charge < -0.3 is 15.5 Å². The molecule has 0 spiro atoms. The first kappa shape index (κ1) is 27.4. The molecule has 194 valence electrons. The lowest BCUT2D eigenvalue weighted by molar-refractivity contribution is -0.135. The van der Waals surface area contributed by atoms with Crippen LogP contribution in [0.1, 0.15) is 89.5 Å². The molecule has 0 bridgehead atoms. The van der Waals surface area contributed by atoms with Crippen molar-refractivity contribution < 1.29 is 9.59 Å². The van der Waals surface area contributed by atoms with Gasteiger partial charge in [0.25, 0.3) is 0 Å². The number of hydrogen-bond donors (Lipinski definition) is 1. The second kappa shape index (κ2) is 15.1. The standard InChI is InChI=1S/C30H47N3O2/c1-25(22-27-12-4-2-5-13-27)23-33(30(35)16-15-26-10-7-8-11-26)24-28-17-20-32(21-18-28)29(34)14-6-3-9-19-31/h2,4-5,12-13,22,26,28H,3,6-11,14-21,23-24,31H2,1H3. The van der Waals surface area contributed by atoms with E-state index >= 15 is 0 Å². The van der Waals surface area contributed by atoms with Gasteiger partial charge in [0.05, 0.1) is 0 Å². The molecule has 1 aromatic rings. The van der Waals surface area contributed by atoms with Gasteiger partial charge in [-0.2, -0.15) is 0 Å². The molecule has 0 aromatic heterocycles. The average Bonchev–Trinajstić information content (AvgIpc) is 3.39. The highest BCUT2D eigenvalue weighted by atomic mass is 16.2. The van der Waals surface area contributed by atoms with Crippen molar-refractivity contribution in [3.63, 3.8) is 0 Å². The van der Waals surface area contributed by atoms with Crippen molar-refractivity contribution >= 4 is 17.9 Å². The van der Waals surface area contributed by atoms with Crippen LogP contribution >= 0.6 is 0 Å². The summed E-state index contributed by atoms with van der Waals surface area (Å²) in [4.78, 5) is 30.0. The second-order valence-corrected chi connectivity index (χ2v) is 10.8. The molecule has 3 rings (SSSR count). The number of unbranched alkanes of at least 4 members (excludes halogenated alkanes) is 2. The summed E-state index contributed by atoms with van der Waals surface area (Å²) in [6.07, 6.45) is 14.7. The molecular weight excluding hydrogens is 434 g/mol. The molecule has 1 aliphatic carbocycles.